The van der Waals surface area contributed by atoms with Gasteiger partial charge in [-0.05, 0) is 56.2 Å². The van der Waals surface area contributed by atoms with E-state index < -0.39 is 0 Å². The number of nitrogens with one attached hydrogen (secondary N) is 2. The maximum absolute atomic E-state index is 12.5. The minimum Gasteiger partial charge on any atom is -0.385 e. The summed E-state index contributed by atoms with van der Waals surface area (Å²) < 4.78 is 0. The first-order valence-electron chi connectivity index (χ1n) is 7.66. The number of carbonyl (C=O) groups is 1. The van der Waals surface area contributed by atoms with E-state index in [-0.39, 0.29) is 11.9 Å². The summed E-state index contributed by atoms with van der Waals surface area (Å²) in [5.41, 5.74) is 9.04. The van der Waals surface area contributed by atoms with Crippen LogP contribution in [0.2, 0.25) is 0 Å². The molecule has 4 heteroatoms. The third-order valence-electron chi connectivity index (χ3n) is 4.45. The van der Waals surface area contributed by atoms with E-state index in [1.54, 1.807) is 0 Å². The number of carbonyl (C=O) groups excluding carboxylic acids is 1. The Hall–Kier alpha value is -1.55. The van der Waals surface area contributed by atoms with Gasteiger partial charge in [-0.25, -0.2) is 0 Å². The van der Waals surface area contributed by atoms with Gasteiger partial charge in [-0.15, -0.1) is 0 Å². The molecule has 0 unspecified atom stereocenters. The molecule has 2 aliphatic rings. The second kappa shape index (κ2) is 5.83. The van der Waals surface area contributed by atoms with Crippen molar-refractivity contribution in [2.75, 3.05) is 11.9 Å². The number of nitrogens with two attached hydrogens (primary N) is 1. The van der Waals surface area contributed by atoms with Gasteiger partial charge in [0.05, 0.1) is 0 Å². The van der Waals surface area contributed by atoms with E-state index in [0.29, 0.717) is 6.04 Å². The number of benzene rings is 1. The first-order chi connectivity index (χ1) is 9.74. The van der Waals surface area contributed by atoms with Crippen molar-refractivity contribution in [3.8, 4) is 0 Å². The Balaban J connectivity index is 1.71. The SMILES string of the molecule is NC1CCC(NC(=O)c2cccc3c2CCCN3)CC1. The Morgan fingerprint density at radius 1 is 1.25 bits per heavy atom. The van der Waals surface area contributed by atoms with Gasteiger partial charge in [0.2, 0.25) is 0 Å². The van der Waals surface area contributed by atoms with Crippen LogP contribution >= 0.6 is 0 Å². The highest BCUT2D eigenvalue weighted by Gasteiger charge is 2.23. The van der Waals surface area contributed by atoms with Gasteiger partial charge in [0.1, 0.15) is 0 Å². The lowest BCUT2D eigenvalue weighted by molar-refractivity contribution is 0.0925. The van der Waals surface area contributed by atoms with E-state index in [1.165, 1.54) is 5.56 Å². The molecule has 4 N–H and O–H groups in total. The van der Waals surface area contributed by atoms with Crippen LogP contribution in [0.4, 0.5) is 5.69 Å². The Kier molecular flexibility index (Phi) is 3.92. The van der Waals surface area contributed by atoms with E-state index >= 15 is 0 Å². The van der Waals surface area contributed by atoms with Crippen LogP contribution in [-0.4, -0.2) is 24.5 Å². The van der Waals surface area contributed by atoms with Crippen molar-refractivity contribution in [3.05, 3.63) is 29.3 Å². The van der Waals surface area contributed by atoms with E-state index in [1.807, 2.05) is 12.1 Å². The summed E-state index contributed by atoms with van der Waals surface area (Å²) in [7, 11) is 0. The predicted molar refractivity (Wildman–Crippen MR) is 81.0 cm³/mol. The molecule has 20 heavy (non-hydrogen) atoms. The number of rotatable bonds is 2. The average Bonchev–Trinajstić information content (AvgIpc) is 2.49. The van der Waals surface area contributed by atoms with Crippen LogP contribution < -0.4 is 16.4 Å². The molecular weight excluding hydrogens is 250 g/mol. The summed E-state index contributed by atoms with van der Waals surface area (Å²) in [6, 6.07) is 6.57. The lowest BCUT2D eigenvalue weighted by Crippen LogP contribution is -2.40. The Labute approximate surface area is 120 Å². The number of amides is 1. The monoisotopic (exact) mass is 273 g/mol. The maximum atomic E-state index is 12.5. The highest BCUT2D eigenvalue weighted by molar-refractivity contribution is 5.97. The lowest BCUT2D eigenvalue weighted by Gasteiger charge is -2.27. The number of hydrogen-bond acceptors (Lipinski definition) is 3. The fourth-order valence-corrected chi connectivity index (χ4v) is 3.25. The van der Waals surface area contributed by atoms with Crippen molar-refractivity contribution in [2.24, 2.45) is 5.73 Å². The predicted octanol–water partition coefficient (Wildman–Crippen LogP) is 2.04. The Morgan fingerprint density at radius 2 is 2.05 bits per heavy atom. The summed E-state index contributed by atoms with van der Waals surface area (Å²) in [4.78, 5) is 12.5. The van der Waals surface area contributed by atoms with Crippen molar-refractivity contribution >= 4 is 11.6 Å². The van der Waals surface area contributed by atoms with Crippen LogP contribution in [0.1, 0.15) is 48.0 Å². The molecule has 0 saturated heterocycles. The fourth-order valence-electron chi connectivity index (χ4n) is 3.25. The summed E-state index contributed by atoms with van der Waals surface area (Å²) in [6.07, 6.45) is 6.11. The summed E-state index contributed by atoms with van der Waals surface area (Å²) in [5, 5.41) is 6.55. The second-order valence-electron chi connectivity index (χ2n) is 5.95. The molecule has 1 aromatic carbocycles. The minimum absolute atomic E-state index is 0.0750. The molecule has 1 aromatic rings. The number of fused-ring (bicyclic) bond motifs is 1. The van der Waals surface area contributed by atoms with Crippen molar-refractivity contribution in [2.45, 2.75) is 50.6 Å². The van der Waals surface area contributed by atoms with Gasteiger partial charge in [0.15, 0.2) is 0 Å². The van der Waals surface area contributed by atoms with Crippen LogP contribution in [0.15, 0.2) is 18.2 Å². The van der Waals surface area contributed by atoms with Gasteiger partial charge < -0.3 is 16.4 Å². The molecule has 1 heterocycles. The van der Waals surface area contributed by atoms with Crippen LogP contribution in [0.25, 0.3) is 0 Å². The number of anilines is 1. The molecule has 1 amide bonds. The molecule has 1 fully saturated rings. The van der Waals surface area contributed by atoms with Crippen molar-refractivity contribution in [3.63, 3.8) is 0 Å². The normalized spacial score (nSPS) is 25.4. The lowest BCUT2D eigenvalue weighted by atomic mass is 9.91. The average molecular weight is 273 g/mol. The van der Waals surface area contributed by atoms with Crippen LogP contribution in [0.5, 0.6) is 0 Å². The highest BCUT2D eigenvalue weighted by atomic mass is 16.1. The van der Waals surface area contributed by atoms with E-state index in [4.69, 9.17) is 5.73 Å². The summed E-state index contributed by atoms with van der Waals surface area (Å²) in [5.74, 6) is 0.0750. The second-order valence-corrected chi connectivity index (χ2v) is 5.95. The topological polar surface area (TPSA) is 67.1 Å². The van der Waals surface area contributed by atoms with Gasteiger partial charge in [0.25, 0.3) is 5.91 Å². The van der Waals surface area contributed by atoms with Gasteiger partial charge in [0, 0.05) is 29.9 Å². The van der Waals surface area contributed by atoms with Crippen LogP contribution in [0, 0.1) is 0 Å². The molecule has 0 atom stereocenters. The smallest absolute Gasteiger partial charge is 0.251 e. The Bertz CT molecular complexity index is 492. The minimum atomic E-state index is 0.0750. The highest BCUT2D eigenvalue weighted by Crippen LogP contribution is 2.26. The van der Waals surface area contributed by atoms with E-state index in [9.17, 15) is 4.79 Å². The zero-order valence-corrected chi connectivity index (χ0v) is 11.8. The zero-order valence-electron chi connectivity index (χ0n) is 11.8. The summed E-state index contributed by atoms with van der Waals surface area (Å²) in [6.45, 7) is 0.999. The van der Waals surface area contributed by atoms with Gasteiger partial charge in [-0.3, -0.25) is 4.79 Å². The quantitative estimate of drug-likeness (QED) is 0.772. The van der Waals surface area contributed by atoms with Gasteiger partial charge in [-0.1, -0.05) is 6.07 Å². The standard InChI is InChI=1S/C16H23N3O/c17-11-6-8-12(9-7-11)19-16(20)14-3-1-5-15-13(14)4-2-10-18-15/h1,3,5,11-12,18H,2,4,6-10,17H2,(H,19,20). The molecular formula is C16H23N3O. The molecule has 4 nitrogen and oxygen atoms in total. The van der Waals surface area contributed by atoms with Gasteiger partial charge in [-0.2, -0.15) is 0 Å². The fraction of sp³-hybridized carbons (Fsp3) is 0.562. The maximum Gasteiger partial charge on any atom is 0.251 e. The molecule has 0 radical (unpaired) electrons. The van der Waals surface area contributed by atoms with Crippen LogP contribution in [0.3, 0.4) is 0 Å². The van der Waals surface area contributed by atoms with E-state index in [2.05, 4.69) is 16.7 Å². The molecule has 108 valence electrons. The molecule has 0 aromatic heterocycles. The number of hydrogen-bond donors (Lipinski definition) is 3. The molecule has 1 aliphatic heterocycles. The molecule has 1 aliphatic carbocycles. The third-order valence-corrected chi connectivity index (χ3v) is 4.45. The molecule has 3 rings (SSSR count). The third kappa shape index (κ3) is 2.80. The Morgan fingerprint density at radius 3 is 2.85 bits per heavy atom. The molecule has 1 saturated carbocycles. The zero-order chi connectivity index (χ0) is 13.9. The van der Waals surface area contributed by atoms with Gasteiger partial charge >= 0.3 is 0 Å². The molecule has 0 spiro atoms. The van der Waals surface area contributed by atoms with E-state index in [0.717, 1.165) is 56.3 Å². The van der Waals surface area contributed by atoms with Crippen LogP contribution in [-0.2, 0) is 6.42 Å². The summed E-state index contributed by atoms with van der Waals surface area (Å²) >= 11 is 0. The first-order valence-corrected chi connectivity index (χ1v) is 7.66. The first kappa shape index (κ1) is 13.4. The van der Waals surface area contributed by atoms with Crippen molar-refractivity contribution < 1.29 is 4.79 Å². The van der Waals surface area contributed by atoms with Crippen molar-refractivity contribution in [1.29, 1.82) is 0 Å². The largest absolute Gasteiger partial charge is 0.385 e. The van der Waals surface area contributed by atoms with Crippen molar-refractivity contribution in [1.82, 2.24) is 5.32 Å². The molecule has 0 bridgehead atoms.